The van der Waals surface area contributed by atoms with E-state index in [2.05, 4.69) is 65.6 Å². The quantitative estimate of drug-likeness (QED) is 0.0211. The molecule has 3 unspecified atom stereocenters. The maximum absolute atomic E-state index is 12.8. The number of carbonyl (C=O) groups excluding carboxylic acids is 3. The standard InChI is InChI=1S/C43H74N7O17P3S/c1-4-5-6-7-8-9-10-11-12-13-14-15-16-17-18-19-20-21-22-23-34(52)71-27-26-45-33(51)24-25-46-41(55)38(54)43(2,3)29-64-70(61,62)67-69(59,60)63-28-32-37(66-68(56,57)58)36(53)42(65-32)50-31-49-35-39(44)47-30-48-40(35)50/h8-9,11-12,30-32,36-38,42,53-54H,4-7,10,13-29H2,1-3H3,(H,45,51)(H,46,55)(H,59,60)(H,61,62)(H2,44,47,48)(H2,56,57,58)/b9-8-,12-11-/t32-,36-,37-,38?,42-/m1/s1. The van der Waals surface area contributed by atoms with Gasteiger partial charge in [0.05, 0.1) is 19.5 Å². The van der Waals surface area contributed by atoms with E-state index in [1.165, 1.54) is 78.1 Å². The first kappa shape index (κ1) is 62.3. The molecule has 0 aromatic carbocycles. The van der Waals surface area contributed by atoms with Gasteiger partial charge in [-0.15, -0.1) is 0 Å². The molecule has 0 spiro atoms. The topological polar surface area (TPSA) is 364 Å². The number of nitrogens with two attached hydrogens (primary N) is 1. The van der Waals surface area contributed by atoms with Crippen LogP contribution in [-0.4, -0.2) is 123 Å². The molecule has 10 N–H and O–H groups in total. The lowest BCUT2D eigenvalue weighted by Crippen LogP contribution is -2.46. The van der Waals surface area contributed by atoms with Crippen molar-refractivity contribution in [1.29, 1.82) is 0 Å². The molecule has 2 aromatic heterocycles. The summed E-state index contributed by atoms with van der Waals surface area (Å²) < 4.78 is 62.5. The number of hydrogen-bond donors (Lipinski definition) is 9. The van der Waals surface area contributed by atoms with Gasteiger partial charge in [0, 0.05) is 37.1 Å². The molecule has 2 aromatic rings. The monoisotopic (exact) mass is 1090 g/mol. The molecule has 0 saturated carbocycles. The van der Waals surface area contributed by atoms with Crippen molar-refractivity contribution in [3.8, 4) is 0 Å². The second kappa shape index (κ2) is 31.7. The van der Waals surface area contributed by atoms with Crippen LogP contribution in [0.4, 0.5) is 5.82 Å². The minimum atomic E-state index is -5.58. The van der Waals surface area contributed by atoms with Crippen LogP contribution in [0.2, 0.25) is 0 Å². The number of nitrogens with zero attached hydrogens (tertiary/aromatic N) is 4. The highest BCUT2D eigenvalue weighted by Crippen LogP contribution is 2.61. The first-order valence-electron chi connectivity index (χ1n) is 23.9. The molecule has 1 aliphatic heterocycles. The van der Waals surface area contributed by atoms with E-state index in [9.17, 15) is 57.9 Å². The number of unbranched alkanes of at least 4 members (excludes halogenated alkanes) is 12. The summed E-state index contributed by atoms with van der Waals surface area (Å²) in [6.45, 7) is 2.79. The minimum Gasteiger partial charge on any atom is -0.386 e. The number of amides is 2. The van der Waals surface area contributed by atoms with Crippen LogP contribution in [0.25, 0.3) is 11.2 Å². The van der Waals surface area contributed by atoms with Crippen LogP contribution in [-0.2, 0) is 50.7 Å². The number of thioether (sulfide) groups is 1. The SMILES string of the molecule is CCCCC/C=C\C/C=C\CCCCCCCCCCCC(=O)SCCNC(=O)CCNC(=O)C(O)C(C)(C)COP(=O)(O)OP(=O)(O)OC[C@H]1O[C@@H](n2cnc3c(N)ncnc32)[C@H](O)[C@@H]1OP(=O)(O)O. The fourth-order valence-electron chi connectivity index (χ4n) is 7.16. The lowest BCUT2D eigenvalue weighted by atomic mass is 9.87. The second-order valence-electron chi connectivity index (χ2n) is 17.7. The number of aromatic nitrogens is 4. The van der Waals surface area contributed by atoms with Gasteiger partial charge < -0.3 is 50.9 Å². The molecule has 1 aliphatic rings. The number of fused-ring (bicyclic) bond motifs is 1. The third-order valence-corrected chi connectivity index (χ3v) is 15.1. The van der Waals surface area contributed by atoms with Crippen LogP contribution in [0.5, 0.6) is 0 Å². The van der Waals surface area contributed by atoms with Crippen molar-refractivity contribution in [1.82, 2.24) is 30.2 Å². The van der Waals surface area contributed by atoms with Gasteiger partial charge in [-0.1, -0.05) is 115 Å². The van der Waals surface area contributed by atoms with Crippen LogP contribution in [0.15, 0.2) is 37.0 Å². The molecule has 1 saturated heterocycles. The molecule has 28 heteroatoms. The van der Waals surface area contributed by atoms with Crippen molar-refractivity contribution in [3.63, 3.8) is 0 Å². The largest absolute Gasteiger partial charge is 0.481 e. The summed E-state index contributed by atoms with van der Waals surface area (Å²) in [7, 11) is -16.4. The number of aliphatic hydroxyl groups is 2. The van der Waals surface area contributed by atoms with Gasteiger partial charge in [-0.25, -0.2) is 28.6 Å². The van der Waals surface area contributed by atoms with E-state index in [4.69, 9.17) is 19.5 Å². The first-order valence-corrected chi connectivity index (χ1v) is 29.4. The first-order chi connectivity index (χ1) is 33.6. The van der Waals surface area contributed by atoms with E-state index >= 15 is 0 Å². The molecule has 2 amide bonds. The number of ether oxygens (including phenoxy) is 1. The van der Waals surface area contributed by atoms with Gasteiger partial charge >= 0.3 is 23.5 Å². The molecule has 24 nitrogen and oxygen atoms in total. The smallest absolute Gasteiger partial charge is 0.386 e. The Bertz CT molecular complexity index is 2160. The number of anilines is 1. The lowest BCUT2D eigenvalue weighted by molar-refractivity contribution is -0.137. The van der Waals surface area contributed by atoms with Crippen molar-refractivity contribution < 1.29 is 80.5 Å². The number of phosphoric ester groups is 3. The van der Waals surface area contributed by atoms with E-state index in [-0.39, 0.29) is 41.6 Å². The maximum Gasteiger partial charge on any atom is 0.481 e. The molecular formula is C43H74N7O17P3S. The summed E-state index contributed by atoms with van der Waals surface area (Å²) in [4.78, 5) is 88.5. The molecule has 3 rings (SSSR count). The van der Waals surface area contributed by atoms with Gasteiger partial charge in [0.1, 0.15) is 36.3 Å². The fraction of sp³-hybridized carbons (Fsp3) is 0.721. The summed E-state index contributed by atoms with van der Waals surface area (Å²) in [6.07, 6.45) is 20.2. The number of carbonyl (C=O) groups is 3. The highest BCUT2D eigenvalue weighted by molar-refractivity contribution is 8.13. The summed E-state index contributed by atoms with van der Waals surface area (Å²) >= 11 is 1.15. The second-order valence-corrected chi connectivity index (χ2v) is 23.1. The highest BCUT2D eigenvalue weighted by atomic mass is 32.2. The molecule has 0 bridgehead atoms. The van der Waals surface area contributed by atoms with Gasteiger partial charge in [0.15, 0.2) is 22.8 Å². The Hall–Kier alpha value is -2.96. The highest BCUT2D eigenvalue weighted by Gasteiger charge is 2.50. The number of rotatable bonds is 37. The van der Waals surface area contributed by atoms with Crippen molar-refractivity contribution >= 4 is 69.1 Å². The van der Waals surface area contributed by atoms with Crippen molar-refractivity contribution in [2.45, 2.75) is 161 Å². The Morgan fingerprint density at radius 2 is 1.48 bits per heavy atom. The molecular weight excluding hydrogens is 1010 g/mol. The fourth-order valence-corrected chi connectivity index (χ4v) is 10.7. The number of phosphoric acid groups is 3. The molecule has 71 heavy (non-hydrogen) atoms. The Balaban J connectivity index is 1.26. The van der Waals surface area contributed by atoms with Crippen molar-refractivity contribution in [2.24, 2.45) is 5.41 Å². The average Bonchev–Trinajstić information content (AvgIpc) is 3.86. The lowest BCUT2D eigenvalue weighted by Gasteiger charge is -2.30. The van der Waals surface area contributed by atoms with Gasteiger partial charge in [-0.3, -0.25) is 32.5 Å². The van der Waals surface area contributed by atoms with E-state index in [1.54, 1.807) is 0 Å². The maximum atomic E-state index is 12.8. The molecule has 7 atom stereocenters. The average molecular weight is 1090 g/mol. The van der Waals surface area contributed by atoms with Gasteiger partial charge in [-0.05, 0) is 38.5 Å². The van der Waals surface area contributed by atoms with Crippen LogP contribution < -0.4 is 16.4 Å². The number of allylic oxidation sites excluding steroid dienone is 4. The third kappa shape index (κ3) is 24.3. The van der Waals surface area contributed by atoms with Gasteiger partial charge in [0.25, 0.3) is 0 Å². The third-order valence-electron chi connectivity index (χ3n) is 11.1. The van der Waals surface area contributed by atoms with E-state index in [0.717, 1.165) is 61.1 Å². The summed E-state index contributed by atoms with van der Waals surface area (Å²) in [5.74, 6) is -1.03. The molecule has 404 valence electrons. The van der Waals surface area contributed by atoms with E-state index in [0.29, 0.717) is 12.2 Å². The molecule has 0 radical (unpaired) electrons. The zero-order valence-corrected chi connectivity index (χ0v) is 44.2. The molecule has 1 fully saturated rings. The van der Waals surface area contributed by atoms with E-state index < -0.39 is 84.6 Å². The predicted octanol–water partition coefficient (Wildman–Crippen LogP) is 6.04. The van der Waals surface area contributed by atoms with Gasteiger partial charge in [0.2, 0.25) is 11.8 Å². The number of aliphatic hydroxyl groups excluding tert-OH is 2. The number of nitrogen functional groups attached to an aromatic ring is 1. The molecule has 3 heterocycles. The predicted molar refractivity (Wildman–Crippen MR) is 265 cm³/mol. The van der Waals surface area contributed by atoms with Crippen LogP contribution >= 0.6 is 35.2 Å². The summed E-state index contributed by atoms with van der Waals surface area (Å²) in [6, 6.07) is 0. The summed E-state index contributed by atoms with van der Waals surface area (Å²) in [5.41, 5.74) is 4.29. The normalized spacial score (nSPS) is 19.8. The number of nitrogens with one attached hydrogen (secondary N) is 2. The number of hydrogen-bond acceptors (Lipinski definition) is 18. The van der Waals surface area contributed by atoms with E-state index in [1.807, 2.05) is 0 Å². The Morgan fingerprint density at radius 1 is 0.859 bits per heavy atom. The summed E-state index contributed by atoms with van der Waals surface area (Å²) in [5, 5.41) is 26.7. The minimum absolute atomic E-state index is 0.0330. The number of imidazole rings is 1. The van der Waals surface area contributed by atoms with Crippen molar-refractivity contribution in [2.75, 3.05) is 37.8 Å². The van der Waals surface area contributed by atoms with Crippen LogP contribution in [0.1, 0.15) is 136 Å². The zero-order valence-electron chi connectivity index (χ0n) is 40.7. The van der Waals surface area contributed by atoms with Crippen LogP contribution in [0.3, 0.4) is 0 Å². The Kier molecular flexibility index (Phi) is 27.8. The van der Waals surface area contributed by atoms with Crippen LogP contribution in [0, 0.1) is 5.41 Å². The Labute approximate surface area is 419 Å². The molecule has 0 aliphatic carbocycles. The zero-order chi connectivity index (χ0) is 52.5. The van der Waals surface area contributed by atoms with Gasteiger partial charge in [-0.2, -0.15) is 4.31 Å². The van der Waals surface area contributed by atoms with Crippen molar-refractivity contribution in [3.05, 3.63) is 37.0 Å². The Morgan fingerprint density at radius 3 is 2.13 bits per heavy atom.